The van der Waals surface area contributed by atoms with Gasteiger partial charge in [-0.15, -0.1) is 6.58 Å². The summed E-state index contributed by atoms with van der Waals surface area (Å²) in [6.45, 7) is 4.39. The Bertz CT molecular complexity index is 782. The average molecular weight is 274 g/mol. The van der Waals surface area contributed by atoms with Crippen molar-refractivity contribution in [3.8, 4) is 6.07 Å². The van der Waals surface area contributed by atoms with Gasteiger partial charge in [0, 0.05) is 12.7 Å². The number of nitrogens with one attached hydrogen (secondary N) is 1. The lowest BCUT2D eigenvalue weighted by atomic mass is 10.1. The maximum absolute atomic E-state index is 9.56. The molecule has 2 heterocycles. The molecular formula is C17H14N4. The highest BCUT2D eigenvalue weighted by Gasteiger charge is 2.16. The molecular weight excluding hydrogens is 260 g/mol. The highest BCUT2D eigenvalue weighted by Crippen LogP contribution is 2.24. The highest BCUT2D eigenvalue weighted by atomic mass is 15.1. The molecule has 1 aromatic carbocycles. The molecule has 4 nitrogen and oxygen atoms in total. The van der Waals surface area contributed by atoms with E-state index in [1.54, 1.807) is 6.08 Å². The molecule has 0 bridgehead atoms. The Morgan fingerprint density at radius 2 is 2.24 bits per heavy atom. The summed E-state index contributed by atoms with van der Waals surface area (Å²) < 4.78 is 0. The summed E-state index contributed by atoms with van der Waals surface area (Å²) in [7, 11) is 0. The topological polar surface area (TPSA) is 55.7 Å². The van der Waals surface area contributed by atoms with E-state index in [4.69, 9.17) is 0 Å². The van der Waals surface area contributed by atoms with E-state index < -0.39 is 0 Å². The van der Waals surface area contributed by atoms with Crippen LogP contribution in [0.3, 0.4) is 0 Å². The van der Waals surface area contributed by atoms with Gasteiger partial charge in [-0.25, -0.2) is 4.98 Å². The van der Waals surface area contributed by atoms with Crippen molar-refractivity contribution < 1.29 is 0 Å². The summed E-state index contributed by atoms with van der Waals surface area (Å²) >= 11 is 0. The van der Waals surface area contributed by atoms with Gasteiger partial charge in [0.25, 0.3) is 0 Å². The third-order valence-electron chi connectivity index (χ3n) is 3.26. The van der Waals surface area contributed by atoms with Crippen molar-refractivity contribution in [1.29, 1.82) is 5.26 Å². The quantitative estimate of drug-likeness (QED) is 0.689. The maximum atomic E-state index is 9.56. The molecule has 102 valence electrons. The Kier molecular flexibility index (Phi) is 3.40. The van der Waals surface area contributed by atoms with Crippen molar-refractivity contribution in [3.63, 3.8) is 0 Å². The van der Waals surface area contributed by atoms with E-state index in [2.05, 4.69) is 22.6 Å². The molecule has 21 heavy (non-hydrogen) atoms. The fourth-order valence-electron chi connectivity index (χ4n) is 2.30. The number of nitrogens with zero attached hydrogens (tertiary/aromatic N) is 3. The van der Waals surface area contributed by atoms with Crippen LogP contribution in [-0.2, 0) is 0 Å². The van der Waals surface area contributed by atoms with Gasteiger partial charge in [0.1, 0.15) is 11.6 Å². The number of aromatic amines is 1. The zero-order valence-electron chi connectivity index (χ0n) is 11.5. The van der Waals surface area contributed by atoms with Crippen LogP contribution in [0.4, 0.5) is 0 Å². The minimum Gasteiger partial charge on any atom is -0.343 e. The molecule has 3 rings (SSSR count). The molecule has 0 saturated carbocycles. The molecule has 0 fully saturated rings. The standard InChI is InChI=1S/C17H14N4/c1-2-10-21-11-6-5-9-16(21)13(12-18)17-19-14-7-3-4-8-15(14)20-17/h2-9,11H,1,10H2,(H,19,20)/b16-13+. The first-order valence-electron chi connectivity index (χ1n) is 6.65. The number of imidazole rings is 1. The van der Waals surface area contributed by atoms with Crippen LogP contribution in [-0.4, -0.2) is 21.4 Å². The zero-order valence-corrected chi connectivity index (χ0v) is 11.5. The van der Waals surface area contributed by atoms with Crippen LogP contribution < -0.4 is 0 Å². The Morgan fingerprint density at radius 1 is 1.38 bits per heavy atom. The summed E-state index contributed by atoms with van der Waals surface area (Å²) in [4.78, 5) is 9.68. The van der Waals surface area contributed by atoms with Gasteiger partial charge in [0.05, 0.1) is 16.7 Å². The predicted molar refractivity (Wildman–Crippen MR) is 83.8 cm³/mol. The van der Waals surface area contributed by atoms with Gasteiger partial charge in [-0.05, 0) is 24.3 Å². The largest absolute Gasteiger partial charge is 0.343 e. The van der Waals surface area contributed by atoms with Crippen molar-refractivity contribution in [1.82, 2.24) is 14.9 Å². The molecule has 1 aromatic heterocycles. The van der Waals surface area contributed by atoms with E-state index in [9.17, 15) is 5.26 Å². The summed E-state index contributed by atoms with van der Waals surface area (Å²) in [6, 6.07) is 10.0. The normalized spacial score (nSPS) is 16.0. The summed E-state index contributed by atoms with van der Waals surface area (Å²) in [5, 5.41) is 9.56. The smallest absolute Gasteiger partial charge is 0.151 e. The fourth-order valence-corrected chi connectivity index (χ4v) is 2.30. The first-order valence-corrected chi connectivity index (χ1v) is 6.65. The van der Waals surface area contributed by atoms with E-state index in [0.29, 0.717) is 17.9 Å². The van der Waals surface area contributed by atoms with Crippen molar-refractivity contribution >= 4 is 16.6 Å². The Morgan fingerprint density at radius 3 is 3.00 bits per heavy atom. The van der Waals surface area contributed by atoms with Crippen LogP contribution >= 0.6 is 0 Å². The fraction of sp³-hybridized carbons (Fsp3) is 0.0588. The Balaban J connectivity index is 2.14. The van der Waals surface area contributed by atoms with Crippen LogP contribution in [0.5, 0.6) is 0 Å². The lowest BCUT2D eigenvalue weighted by Gasteiger charge is -2.22. The molecule has 0 aliphatic carbocycles. The van der Waals surface area contributed by atoms with Crippen LogP contribution in [0, 0.1) is 11.3 Å². The number of para-hydroxylation sites is 2. The number of benzene rings is 1. The minimum atomic E-state index is 0.522. The van der Waals surface area contributed by atoms with Crippen LogP contribution in [0.1, 0.15) is 5.82 Å². The SMILES string of the molecule is C=CCN1C=CC=C/C1=C(/C#N)c1nc2ccccc2[nH]1. The number of hydrogen-bond donors (Lipinski definition) is 1. The summed E-state index contributed by atoms with van der Waals surface area (Å²) in [6.07, 6.45) is 9.49. The molecule has 0 atom stereocenters. The molecule has 2 aromatic rings. The number of allylic oxidation sites excluding steroid dienone is 4. The molecule has 0 radical (unpaired) electrons. The van der Waals surface area contributed by atoms with Crippen molar-refractivity contribution in [2.45, 2.75) is 0 Å². The van der Waals surface area contributed by atoms with Crippen LogP contribution in [0.25, 0.3) is 16.6 Å². The lowest BCUT2D eigenvalue weighted by Crippen LogP contribution is -2.18. The van der Waals surface area contributed by atoms with E-state index in [1.807, 2.05) is 53.6 Å². The third kappa shape index (κ3) is 2.37. The lowest BCUT2D eigenvalue weighted by molar-refractivity contribution is 0.532. The van der Waals surface area contributed by atoms with Crippen LogP contribution in [0.2, 0.25) is 0 Å². The summed E-state index contributed by atoms with van der Waals surface area (Å²) in [5.74, 6) is 0.586. The monoisotopic (exact) mass is 274 g/mol. The second kappa shape index (κ2) is 5.51. The number of hydrogen-bond acceptors (Lipinski definition) is 3. The van der Waals surface area contributed by atoms with Crippen LogP contribution in [0.15, 0.2) is 67.0 Å². The second-order valence-corrected chi connectivity index (χ2v) is 4.62. The molecule has 1 N–H and O–H groups in total. The molecule has 0 spiro atoms. The van der Waals surface area contributed by atoms with Crippen molar-refractivity contribution in [2.24, 2.45) is 0 Å². The number of H-pyrrole nitrogens is 1. The molecule has 1 aliphatic heterocycles. The van der Waals surface area contributed by atoms with Gasteiger partial charge in [-0.2, -0.15) is 5.26 Å². The van der Waals surface area contributed by atoms with E-state index in [1.165, 1.54) is 0 Å². The second-order valence-electron chi connectivity index (χ2n) is 4.62. The van der Waals surface area contributed by atoms with Gasteiger partial charge in [-0.1, -0.05) is 24.3 Å². The number of aromatic nitrogens is 2. The maximum Gasteiger partial charge on any atom is 0.151 e. The van der Waals surface area contributed by atoms with E-state index in [-0.39, 0.29) is 0 Å². The molecule has 0 amide bonds. The first kappa shape index (κ1) is 12.9. The van der Waals surface area contributed by atoms with E-state index in [0.717, 1.165) is 16.7 Å². The highest BCUT2D eigenvalue weighted by molar-refractivity contribution is 5.84. The third-order valence-corrected chi connectivity index (χ3v) is 3.26. The predicted octanol–water partition coefficient (Wildman–Crippen LogP) is 3.37. The zero-order chi connectivity index (χ0) is 14.7. The van der Waals surface area contributed by atoms with Crippen molar-refractivity contribution in [3.05, 3.63) is 72.9 Å². The van der Waals surface area contributed by atoms with Gasteiger partial charge >= 0.3 is 0 Å². The minimum absolute atomic E-state index is 0.522. The summed E-state index contributed by atoms with van der Waals surface area (Å²) in [5.41, 5.74) is 3.12. The molecule has 1 aliphatic rings. The molecule has 0 unspecified atom stereocenters. The first-order chi connectivity index (χ1) is 10.3. The molecule has 4 heteroatoms. The van der Waals surface area contributed by atoms with Gasteiger partial charge in [0.2, 0.25) is 0 Å². The molecule has 0 saturated heterocycles. The number of fused-ring (bicyclic) bond motifs is 1. The van der Waals surface area contributed by atoms with E-state index >= 15 is 0 Å². The van der Waals surface area contributed by atoms with Crippen molar-refractivity contribution in [2.75, 3.05) is 6.54 Å². The number of rotatable bonds is 3. The number of nitriles is 1. The Hall–Kier alpha value is -3.06. The average Bonchev–Trinajstić information content (AvgIpc) is 2.93. The Labute approximate surface area is 123 Å². The van der Waals surface area contributed by atoms with Gasteiger partial charge in [0.15, 0.2) is 5.82 Å². The van der Waals surface area contributed by atoms with Gasteiger partial charge < -0.3 is 9.88 Å². The van der Waals surface area contributed by atoms with Gasteiger partial charge in [-0.3, -0.25) is 0 Å².